The molecule has 1 amide bonds. The second-order valence-corrected chi connectivity index (χ2v) is 4.44. The summed E-state index contributed by atoms with van der Waals surface area (Å²) in [6.07, 6.45) is 3.50. The van der Waals surface area contributed by atoms with Gasteiger partial charge >= 0.3 is 0 Å². The zero-order valence-electron chi connectivity index (χ0n) is 10.6. The molecule has 1 aliphatic rings. The van der Waals surface area contributed by atoms with Crippen LogP contribution in [0.1, 0.15) is 25.7 Å². The first kappa shape index (κ1) is 14.0. The lowest BCUT2D eigenvalue weighted by molar-refractivity contribution is -0.127. The molecule has 0 aromatic rings. The Kier molecular flexibility index (Phi) is 6.68. The molecule has 0 bridgehead atoms. The molecule has 0 atom stereocenters. The fourth-order valence-electron chi connectivity index (χ4n) is 1.79. The molecule has 0 aromatic heterocycles. The zero-order valence-corrected chi connectivity index (χ0v) is 10.6. The maximum Gasteiger partial charge on any atom is 0.223 e. The van der Waals surface area contributed by atoms with Gasteiger partial charge in [0.25, 0.3) is 0 Å². The average molecular weight is 238 g/mol. The van der Waals surface area contributed by atoms with Gasteiger partial charge in [0.2, 0.25) is 5.91 Å². The molecule has 1 fully saturated rings. The Morgan fingerprint density at radius 3 is 2.88 bits per heavy atom. The van der Waals surface area contributed by atoms with Crippen LogP contribution in [0.5, 0.6) is 0 Å². The van der Waals surface area contributed by atoms with E-state index in [1.165, 1.54) is 0 Å². The van der Waals surface area contributed by atoms with Gasteiger partial charge in [0.05, 0.1) is 13.1 Å². The quantitative estimate of drug-likeness (QED) is 0.535. The van der Waals surface area contributed by atoms with E-state index in [9.17, 15) is 4.79 Å². The van der Waals surface area contributed by atoms with Gasteiger partial charge in [0.15, 0.2) is 0 Å². The van der Waals surface area contributed by atoms with Crippen molar-refractivity contribution in [2.24, 2.45) is 0 Å². The molecule has 4 nitrogen and oxygen atoms in total. The third-order valence-electron chi connectivity index (χ3n) is 2.86. The van der Waals surface area contributed by atoms with E-state index in [0.717, 1.165) is 38.9 Å². The fraction of sp³-hybridized carbons (Fsp3) is 0.769. The van der Waals surface area contributed by atoms with Gasteiger partial charge in [-0.2, -0.15) is 0 Å². The lowest BCUT2D eigenvalue weighted by Gasteiger charge is -2.12. The molecule has 0 unspecified atom stereocenters. The van der Waals surface area contributed by atoms with E-state index in [0.29, 0.717) is 13.0 Å². The maximum absolute atomic E-state index is 11.3. The Labute approximate surface area is 104 Å². The summed E-state index contributed by atoms with van der Waals surface area (Å²) in [5.41, 5.74) is 0. The monoisotopic (exact) mass is 238 g/mol. The normalized spacial score (nSPS) is 15.2. The first-order valence-electron chi connectivity index (χ1n) is 6.27. The number of nitrogens with zero attached hydrogens (tertiary/aromatic N) is 2. The number of carbonyl (C=O) groups is 1. The van der Waals surface area contributed by atoms with E-state index in [-0.39, 0.29) is 12.5 Å². The van der Waals surface area contributed by atoms with Crippen molar-refractivity contribution in [2.75, 3.05) is 39.8 Å². The molecule has 1 N–H and O–H groups in total. The van der Waals surface area contributed by atoms with E-state index in [2.05, 4.69) is 16.7 Å². The lowest BCUT2D eigenvalue weighted by atomic mass is 10.3. The minimum absolute atomic E-state index is 0.232. The smallest absolute Gasteiger partial charge is 0.223 e. The third kappa shape index (κ3) is 5.71. The molecule has 0 spiro atoms. The highest BCUT2D eigenvalue weighted by molar-refractivity contribution is 5.78. The molecule has 1 aliphatic heterocycles. The topological polar surface area (TPSA) is 43.8 Å². The van der Waals surface area contributed by atoms with E-state index in [1.807, 2.05) is 11.9 Å². The van der Waals surface area contributed by atoms with Crippen LogP contribution >= 0.6 is 0 Å². The first-order chi connectivity index (χ1) is 8.24. The van der Waals surface area contributed by atoms with Gasteiger partial charge < -0.3 is 10.0 Å². The molecule has 1 heterocycles. The van der Waals surface area contributed by atoms with Crippen LogP contribution < -0.4 is 0 Å². The van der Waals surface area contributed by atoms with Gasteiger partial charge in [-0.25, -0.2) is 0 Å². The summed E-state index contributed by atoms with van der Waals surface area (Å²) < 4.78 is 0. The zero-order chi connectivity index (χ0) is 12.5. The van der Waals surface area contributed by atoms with Crippen LogP contribution in [0, 0.1) is 11.8 Å². The Hall–Kier alpha value is -1.05. The third-order valence-corrected chi connectivity index (χ3v) is 2.86. The molecular formula is C13H22N2O2. The molecule has 1 saturated heterocycles. The summed E-state index contributed by atoms with van der Waals surface area (Å²) >= 11 is 0. The number of carbonyl (C=O) groups excluding carboxylic acids is 1. The minimum Gasteiger partial charge on any atom is -0.396 e. The van der Waals surface area contributed by atoms with Gasteiger partial charge in [-0.15, -0.1) is 0 Å². The van der Waals surface area contributed by atoms with Gasteiger partial charge in [0.1, 0.15) is 0 Å². The van der Waals surface area contributed by atoms with Crippen LogP contribution in [0.2, 0.25) is 0 Å². The summed E-state index contributed by atoms with van der Waals surface area (Å²) in [5.74, 6) is 6.35. The molecule has 0 radical (unpaired) electrons. The fourth-order valence-corrected chi connectivity index (χ4v) is 1.79. The molecule has 4 heteroatoms. The van der Waals surface area contributed by atoms with Crippen molar-refractivity contribution in [2.45, 2.75) is 25.7 Å². The van der Waals surface area contributed by atoms with Crippen molar-refractivity contribution in [1.29, 1.82) is 0 Å². The number of amides is 1. The van der Waals surface area contributed by atoms with Gasteiger partial charge in [-0.3, -0.25) is 9.69 Å². The predicted molar refractivity (Wildman–Crippen MR) is 67.4 cm³/mol. The number of likely N-dealkylation sites (tertiary alicyclic amines) is 1. The number of aliphatic hydroxyl groups is 1. The Morgan fingerprint density at radius 1 is 1.41 bits per heavy atom. The number of unbranched alkanes of at least 4 members (excludes halogenated alkanes) is 1. The van der Waals surface area contributed by atoms with Crippen molar-refractivity contribution < 1.29 is 9.90 Å². The van der Waals surface area contributed by atoms with Crippen molar-refractivity contribution >= 4 is 5.91 Å². The standard InChI is InChI=1S/C13H22N2O2/c1-14(9-4-5-12-16)8-2-3-10-15-11-6-7-13(15)17/h16H,4-12H2,1H3. The van der Waals surface area contributed by atoms with Gasteiger partial charge in [0, 0.05) is 19.6 Å². The Bertz CT molecular complexity index is 294. The molecule has 0 aromatic carbocycles. The lowest BCUT2D eigenvalue weighted by Crippen LogP contribution is -2.25. The summed E-state index contributed by atoms with van der Waals surface area (Å²) in [6.45, 7) is 3.38. The molecule has 0 saturated carbocycles. The highest BCUT2D eigenvalue weighted by Crippen LogP contribution is 2.07. The Morgan fingerprint density at radius 2 is 2.24 bits per heavy atom. The van der Waals surface area contributed by atoms with E-state index < -0.39 is 0 Å². The van der Waals surface area contributed by atoms with Crippen molar-refractivity contribution in [3.05, 3.63) is 0 Å². The largest absolute Gasteiger partial charge is 0.396 e. The van der Waals surface area contributed by atoms with Crippen molar-refractivity contribution in [1.82, 2.24) is 9.80 Å². The summed E-state index contributed by atoms with van der Waals surface area (Å²) in [5, 5.41) is 8.66. The highest BCUT2D eigenvalue weighted by Gasteiger charge is 2.18. The molecular weight excluding hydrogens is 216 g/mol. The van der Waals surface area contributed by atoms with E-state index in [1.54, 1.807) is 0 Å². The average Bonchev–Trinajstić information content (AvgIpc) is 2.71. The van der Waals surface area contributed by atoms with Gasteiger partial charge in [-0.1, -0.05) is 11.8 Å². The molecule has 96 valence electrons. The van der Waals surface area contributed by atoms with E-state index in [4.69, 9.17) is 5.11 Å². The molecule has 17 heavy (non-hydrogen) atoms. The molecule has 0 aliphatic carbocycles. The first-order valence-corrected chi connectivity index (χ1v) is 6.27. The van der Waals surface area contributed by atoms with Crippen molar-refractivity contribution in [3.63, 3.8) is 0 Å². The van der Waals surface area contributed by atoms with Crippen LogP contribution in [0.4, 0.5) is 0 Å². The van der Waals surface area contributed by atoms with Crippen LogP contribution in [0.15, 0.2) is 0 Å². The minimum atomic E-state index is 0.232. The SMILES string of the molecule is CN(CC#CCN1CCCC1=O)CCCCO. The predicted octanol–water partition coefficient (Wildman–Crippen LogP) is 0.316. The van der Waals surface area contributed by atoms with E-state index >= 15 is 0 Å². The number of hydrogen-bond donors (Lipinski definition) is 1. The number of hydrogen-bond acceptors (Lipinski definition) is 3. The molecule has 1 rings (SSSR count). The second kappa shape index (κ2) is 8.10. The van der Waals surface area contributed by atoms with Gasteiger partial charge in [-0.05, 0) is 32.9 Å². The number of aliphatic hydroxyl groups excluding tert-OH is 1. The highest BCUT2D eigenvalue weighted by atomic mass is 16.2. The Balaban J connectivity index is 2.10. The summed E-state index contributed by atoms with van der Waals surface area (Å²) in [4.78, 5) is 15.3. The second-order valence-electron chi connectivity index (χ2n) is 4.44. The van der Waals surface area contributed by atoms with Crippen LogP contribution in [-0.2, 0) is 4.79 Å². The summed E-state index contributed by atoms with van der Waals surface area (Å²) in [6, 6.07) is 0. The van der Waals surface area contributed by atoms with Crippen LogP contribution in [-0.4, -0.2) is 60.6 Å². The summed E-state index contributed by atoms with van der Waals surface area (Å²) in [7, 11) is 2.02. The van der Waals surface area contributed by atoms with Crippen LogP contribution in [0.25, 0.3) is 0 Å². The van der Waals surface area contributed by atoms with Crippen molar-refractivity contribution in [3.8, 4) is 11.8 Å². The van der Waals surface area contributed by atoms with Crippen LogP contribution in [0.3, 0.4) is 0 Å². The maximum atomic E-state index is 11.3. The number of rotatable bonds is 6.